The maximum absolute atomic E-state index is 12.3. The van der Waals surface area contributed by atoms with E-state index in [2.05, 4.69) is 9.97 Å². The molecule has 1 aromatic carbocycles. The van der Waals surface area contributed by atoms with E-state index < -0.39 is 5.60 Å². The van der Waals surface area contributed by atoms with E-state index in [1.165, 1.54) is 0 Å². The first kappa shape index (κ1) is 23.3. The van der Waals surface area contributed by atoms with Crippen molar-refractivity contribution in [1.82, 2.24) is 24.4 Å². The number of carbonyl (C=O) groups is 1. The number of para-hydroxylation sites is 1. The molecule has 4 rings (SSSR count). The van der Waals surface area contributed by atoms with Crippen LogP contribution in [0.3, 0.4) is 0 Å². The Morgan fingerprint density at radius 2 is 1.88 bits per heavy atom. The zero-order valence-corrected chi connectivity index (χ0v) is 20.3. The van der Waals surface area contributed by atoms with Crippen LogP contribution in [0.15, 0.2) is 24.3 Å². The molecule has 0 bridgehead atoms. The van der Waals surface area contributed by atoms with Gasteiger partial charge in [0.15, 0.2) is 5.65 Å². The van der Waals surface area contributed by atoms with E-state index in [1.54, 1.807) is 17.0 Å². The summed E-state index contributed by atoms with van der Waals surface area (Å²) in [7, 11) is 0. The minimum atomic E-state index is -0.489. The third kappa shape index (κ3) is 5.21. The normalized spacial score (nSPS) is 15.2. The number of benzene rings is 1. The van der Waals surface area contributed by atoms with E-state index in [4.69, 9.17) is 21.3 Å². The number of imidazole rings is 1. The van der Waals surface area contributed by atoms with Crippen LogP contribution in [0.4, 0.5) is 4.79 Å². The molecule has 1 aliphatic heterocycles. The molecule has 0 saturated carbocycles. The number of nitrogens with zero attached hydrogens (tertiary/aromatic N) is 5. The van der Waals surface area contributed by atoms with Crippen molar-refractivity contribution < 1.29 is 14.6 Å². The zero-order chi connectivity index (χ0) is 23.8. The highest BCUT2D eigenvalue weighted by Gasteiger charge is 2.27. The summed E-state index contributed by atoms with van der Waals surface area (Å²) in [6, 6.07) is 7.15. The number of likely N-dealkylation sites (tertiary alicyclic amines) is 1. The van der Waals surface area contributed by atoms with Gasteiger partial charge in [0, 0.05) is 19.6 Å². The highest BCUT2D eigenvalue weighted by Crippen LogP contribution is 2.33. The molecule has 1 saturated heterocycles. The molecule has 3 aromatic rings. The molecular formula is C24H30ClN5O3. The molecule has 8 nitrogen and oxygen atoms in total. The summed E-state index contributed by atoms with van der Waals surface area (Å²) in [4.78, 5) is 27.6. The molecule has 33 heavy (non-hydrogen) atoms. The second kappa shape index (κ2) is 9.17. The maximum atomic E-state index is 12.3. The highest BCUT2D eigenvalue weighted by atomic mass is 35.5. The third-order valence-corrected chi connectivity index (χ3v) is 6.08. The molecule has 0 aliphatic carbocycles. The van der Waals surface area contributed by atoms with Gasteiger partial charge in [0.2, 0.25) is 5.28 Å². The molecular weight excluding hydrogens is 442 g/mol. The van der Waals surface area contributed by atoms with E-state index in [0.29, 0.717) is 53.8 Å². The molecule has 176 valence electrons. The van der Waals surface area contributed by atoms with Crippen LogP contribution in [0.25, 0.3) is 22.6 Å². The predicted octanol–water partition coefficient (Wildman–Crippen LogP) is 5.20. The monoisotopic (exact) mass is 471 g/mol. The van der Waals surface area contributed by atoms with Crippen LogP contribution in [-0.4, -0.2) is 54.3 Å². The molecule has 3 heterocycles. The SMILES string of the molecule is Cc1nc(Cl)nc2c1nc(-c1ccccc1O)n2CCC1CCN(C(=O)OC(C)(C)C)CC1. The van der Waals surface area contributed by atoms with Crippen LogP contribution in [0.2, 0.25) is 5.28 Å². The number of aromatic nitrogens is 4. The summed E-state index contributed by atoms with van der Waals surface area (Å²) in [6.45, 7) is 9.54. The first-order valence-corrected chi connectivity index (χ1v) is 11.7. The largest absolute Gasteiger partial charge is 0.507 e. The van der Waals surface area contributed by atoms with Crippen LogP contribution < -0.4 is 0 Å². The van der Waals surface area contributed by atoms with E-state index in [1.807, 2.05) is 44.4 Å². The van der Waals surface area contributed by atoms with E-state index >= 15 is 0 Å². The van der Waals surface area contributed by atoms with Crippen LogP contribution in [-0.2, 0) is 11.3 Å². The molecule has 1 fully saturated rings. The average molecular weight is 472 g/mol. The smallest absolute Gasteiger partial charge is 0.410 e. The first-order chi connectivity index (χ1) is 15.6. The lowest BCUT2D eigenvalue weighted by atomic mass is 9.93. The number of aryl methyl sites for hydroxylation is 2. The lowest BCUT2D eigenvalue weighted by molar-refractivity contribution is 0.0180. The standard InChI is InChI=1S/C24H30ClN5O3/c1-15-19-21(28-22(25)26-15)30(20(27-19)17-7-5-6-8-18(17)31)14-11-16-9-12-29(13-10-16)23(32)33-24(2,3)4/h5-8,16,31H,9-14H2,1-4H3. The van der Waals surface area contributed by atoms with Gasteiger partial charge in [-0.25, -0.2) is 14.8 Å². The van der Waals surface area contributed by atoms with Crippen molar-refractivity contribution >= 4 is 28.9 Å². The highest BCUT2D eigenvalue weighted by molar-refractivity contribution is 6.28. The van der Waals surface area contributed by atoms with Gasteiger partial charge in [0.25, 0.3) is 0 Å². The minimum absolute atomic E-state index is 0.163. The fraction of sp³-hybridized carbons (Fsp3) is 0.500. The van der Waals surface area contributed by atoms with Gasteiger partial charge in [-0.3, -0.25) is 0 Å². The summed E-state index contributed by atoms with van der Waals surface area (Å²) in [6.07, 6.45) is 2.47. The summed E-state index contributed by atoms with van der Waals surface area (Å²) >= 11 is 6.16. The average Bonchev–Trinajstić information content (AvgIpc) is 3.10. The molecule has 0 radical (unpaired) electrons. The number of amides is 1. The van der Waals surface area contributed by atoms with Gasteiger partial charge in [-0.2, -0.15) is 4.98 Å². The van der Waals surface area contributed by atoms with E-state index in [0.717, 1.165) is 19.3 Å². The number of fused-ring (bicyclic) bond motifs is 1. The Kier molecular flexibility index (Phi) is 6.47. The molecule has 1 N–H and O–H groups in total. The van der Waals surface area contributed by atoms with Gasteiger partial charge >= 0.3 is 6.09 Å². The lowest BCUT2D eigenvalue weighted by Gasteiger charge is -2.33. The van der Waals surface area contributed by atoms with Crippen LogP contribution in [0, 0.1) is 12.8 Å². The summed E-state index contributed by atoms with van der Waals surface area (Å²) in [5.74, 6) is 1.27. The molecule has 1 amide bonds. The van der Waals surface area contributed by atoms with Crippen LogP contribution in [0.1, 0.15) is 45.7 Å². The van der Waals surface area contributed by atoms with Gasteiger partial charge in [0.05, 0.1) is 11.3 Å². The van der Waals surface area contributed by atoms with E-state index in [9.17, 15) is 9.90 Å². The topological polar surface area (TPSA) is 93.4 Å². The second-order valence-corrected chi connectivity index (χ2v) is 9.89. The molecule has 0 spiro atoms. The van der Waals surface area contributed by atoms with Crippen molar-refractivity contribution in [3.05, 3.63) is 35.2 Å². The van der Waals surface area contributed by atoms with Crippen LogP contribution in [0.5, 0.6) is 5.75 Å². The lowest BCUT2D eigenvalue weighted by Crippen LogP contribution is -2.41. The van der Waals surface area contributed by atoms with Crippen LogP contribution >= 0.6 is 11.6 Å². The van der Waals surface area contributed by atoms with E-state index in [-0.39, 0.29) is 17.1 Å². The Hall–Kier alpha value is -2.87. The number of halogens is 1. The van der Waals surface area contributed by atoms with Gasteiger partial charge in [-0.05, 0) is 76.6 Å². The summed E-state index contributed by atoms with van der Waals surface area (Å²) < 4.78 is 7.52. The fourth-order valence-electron chi connectivity index (χ4n) is 4.23. The summed E-state index contributed by atoms with van der Waals surface area (Å²) in [5, 5.41) is 10.6. The van der Waals surface area contributed by atoms with Crippen molar-refractivity contribution in [3.63, 3.8) is 0 Å². The van der Waals surface area contributed by atoms with Crippen molar-refractivity contribution in [2.24, 2.45) is 5.92 Å². The summed E-state index contributed by atoms with van der Waals surface area (Å²) in [5.41, 5.74) is 2.20. The number of hydrogen-bond donors (Lipinski definition) is 1. The fourth-order valence-corrected chi connectivity index (χ4v) is 4.43. The second-order valence-electron chi connectivity index (χ2n) is 9.55. The number of piperidine rings is 1. The number of phenols is 1. The van der Waals surface area contributed by atoms with Crippen molar-refractivity contribution in [2.75, 3.05) is 13.1 Å². The molecule has 1 aliphatic rings. The number of hydrogen-bond acceptors (Lipinski definition) is 6. The van der Waals surface area contributed by atoms with Gasteiger partial charge in [0.1, 0.15) is 22.7 Å². The molecule has 9 heteroatoms. The number of rotatable bonds is 4. The number of phenolic OH excluding ortho intramolecular Hbond substituents is 1. The Morgan fingerprint density at radius 3 is 2.55 bits per heavy atom. The molecule has 2 aromatic heterocycles. The van der Waals surface area contributed by atoms with Crippen molar-refractivity contribution in [1.29, 1.82) is 0 Å². The number of carbonyl (C=O) groups excluding carboxylic acids is 1. The Morgan fingerprint density at radius 1 is 1.18 bits per heavy atom. The zero-order valence-electron chi connectivity index (χ0n) is 19.5. The Bertz CT molecular complexity index is 1160. The molecule has 0 unspecified atom stereocenters. The Balaban J connectivity index is 1.53. The maximum Gasteiger partial charge on any atom is 0.410 e. The van der Waals surface area contributed by atoms with Gasteiger partial charge in [-0.15, -0.1) is 0 Å². The molecule has 0 atom stereocenters. The van der Waals surface area contributed by atoms with Gasteiger partial charge in [-0.1, -0.05) is 12.1 Å². The first-order valence-electron chi connectivity index (χ1n) is 11.3. The van der Waals surface area contributed by atoms with Gasteiger partial charge < -0.3 is 19.3 Å². The van der Waals surface area contributed by atoms with Crippen molar-refractivity contribution in [3.8, 4) is 17.1 Å². The minimum Gasteiger partial charge on any atom is -0.507 e. The predicted molar refractivity (Wildman–Crippen MR) is 127 cm³/mol. The Labute approximate surface area is 198 Å². The number of aromatic hydroxyl groups is 1. The quantitative estimate of drug-likeness (QED) is 0.526. The van der Waals surface area contributed by atoms with Crippen molar-refractivity contribution in [2.45, 2.75) is 59.1 Å². The number of ether oxygens (including phenoxy) is 1. The third-order valence-electron chi connectivity index (χ3n) is 5.91.